The number of benzene rings is 2. The van der Waals surface area contributed by atoms with E-state index < -0.39 is 0 Å². The minimum absolute atomic E-state index is 0.583. The molecule has 1 aliphatic rings. The molecule has 3 aromatic rings. The molecule has 0 spiro atoms. The van der Waals surface area contributed by atoms with E-state index in [0.29, 0.717) is 12.5 Å². The molecule has 27 heavy (non-hydrogen) atoms. The maximum absolute atomic E-state index is 6.16. The van der Waals surface area contributed by atoms with Crippen molar-refractivity contribution >= 4 is 11.0 Å². The first-order valence-corrected chi connectivity index (χ1v) is 10.1. The van der Waals surface area contributed by atoms with Crippen LogP contribution in [0, 0.1) is 0 Å². The van der Waals surface area contributed by atoms with Gasteiger partial charge < -0.3 is 9.30 Å². The zero-order chi connectivity index (χ0) is 18.5. The molecule has 0 unspecified atom stereocenters. The molecule has 140 valence electrons. The van der Waals surface area contributed by atoms with Crippen LogP contribution in [0.3, 0.4) is 0 Å². The summed E-state index contributed by atoms with van der Waals surface area (Å²) in [4.78, 5) is 5.00. The van der Waals surface area contributed by atoms with Gasteiger partial charge in [0.25, 0.3) is 0 Å². The van der Waals surface area contributed by atoms with Crippen LogP contribution >= 0.6 is 0 Å². The summed E-state index contributed by atoms with van der Waals surface area (Å²) in [5, 5.41) is 0. The second-order valence-electron chi connectivity index (χ2n) is 7.39. The summed E-state index contributed by atoms with van der Waals surface area (Å²) in [5.74, 6) is 2.79. The van der Waals surface area contributed by atoms with Crippen LogP contribution in [0.15, 0.2) is 61.2 Å². The Labute approximate surface area is 161 Å². The quantitative estimate of drug-likeness (QED) is 0.491. The number of ether oxygens (including phenoxy) is 1. The number of imidazole rings is 1. The lowest BCUT2D eigenvalue weighted by Gasteiger charge is -2.22. The molecule has 3 nitrogen and oxygen atoms in total. The lowest BCUT2D eigenvalue weighted by Crippen LogP contribution is -2.16. The van der Waals surface area contributed by atoms with Crippen molar-refractivity contribution in [3.63, 3.8) is 0 Å². The number of fused-ring (bicyclic) bond motifs is 1. The first kappa shape index (κ1) is 17.8. The second kappa shape index (κ2) is 8.43. The van der Waals surface area contributed by atoms with Gasteiger partial charge >= 0.3 is 0 Å². The van der Waals surface area contributed by atoms with Gasteiger partial charge in [-0.15, -0.1) is 6.58 Å². The third-order valence-corrected chi connectivity index (χ3v) is 5.56. The largest absolute Gasteiger partial charge is 0.491 e. The van der Waals surface area contributed by atoms with Gasteiger partial charge in [-0.05, 0) is 43.0 Å². The predicted octanol–water partition coefficient (Wildman–Crippen LogP) is 5.89. The molecule has 0 bridgehead atoms. The molecule has 0 aliphatic heterocycles. The van der Waals surface area contributed by atoms with Gasteiger partial charge in [0.05, 0.1) is 17.6 Å². The Morgan fingerprint density at radius 3 is 2.67 bits per heavy atom. The van der Waals surface area contributed by atoms with E-state index in [4.69, 9.17) is 9.72 Å². The fraction of sp³-hybridized carbons (Fsp3) is 0.375. The zero-order valence-electron chi connectivity index (χ0n) is 15.9. The first-order chi connectivity index (χ1) is 13.4. The molecule has 0 atom stereocenters. The molecule has 1 fully saturated rings. The Morgan fingerprint density at radius 1 is 1.04 bits per heavy atom. The van der Waals surface area contributed by atoms with E-state index in [1.807, 2.05) is 18.2 Å². The highest BCUT2D eigenvalue weighted by Crippen LogP contribution is 2.34. The Hall–Kier alpha value is -2.55. The monoisotopic (exact) mass is 360 g/mol. The van der Waals surface area contributed by atoms with Gasteiger partial charge in [-0.1, -0.05) is 55.7 Å². The Balaban J connectivity index is 1.55. The number of nitrogens with zero attached hydrogens (tertiary/aromatic N) is 2. The summed E-state index contributed by atoms with van der Waals surface area (Å²) in [6.07, 6.45) is 9.27. The van der Waals surface area contributed by atoms with Crippen molar-refractivity contribution in [1.29, 1.82) is 0 Å². The fourth-order valence-electron chi connectivity index (χ4n) is 4.22. The number of rotatable bonds is 7. The standard InChI is InChI=1S/C24H28N2O/c1-2-10-19-11-6-9-16-23(19)27-18-17-26-22-15-8-7-14-21(22)25-24(26)20-12-4-3-5-13-20/h2,6-9,11,14-16,20H,1,3-5,10,12-13,17-18H2. The summed E-state index contributed by atoms with van der Waals surface area (Å²) in [5.41, 5.74) is 3.52. The van der Waals surface area contributed by atoms with Crippen molar-refractivity contribution in [3.8, 4) is 5.75 Å². The third-order valence-electron chi connectivity index (χ3n) is 5.56. The molecule has 0 saturated heterocycles. The summed E-state index contributed by atoms with van der Waals surface area (Å²) in [6, 6.07) is 16.7. The van der Waals surface area contributed by atoms with Crippen LogP contribution in [0.25, 0.3) is 11.0 Å². The first-order valence-electron chi connectivity index (χ1n) is 10.1. The lowest BCUT2D eigenvalue weighted by atomic mass is 9.88. The van der Waals surface area contributed by atoms with E-state index in [9.17, 15) is 0 Å². The van der Waals surface area contributed by atoms with E-state index >= 15 is 0 Å². The van der Waals surface area contributed by atoms with E-state index in [2.05, 4.69) is 47.5 Å². The van der Waals surface area contributed by atoms with E-state index in [1.54, 1.807) is 0 Å². The van der Waals surface area contributed by atoms with Crippen molar-refractivity contribution < 1.29 is 4.74 Å². The molecule has 2 aromatic carbocycles. The molecular weight excluding hydrogens is 332 g/mol. The fourth-order valence-corrected chi connectivity index (χ4v) is 4.22. The van der Waals surface area contributed by atoms with Gasteiger partial charge in [0.15, 0.2) is 0 Å². The van der Waals surface area contributed by atoms with Gasteiger partial charge in [0.1, 0.15) is 18.2 Å². The van der Waals surface area contributed by atoms with E-state index in [0.717, 1.165) is 24.2 Å². The number of para-hydroxylation sites is 3. The molecule has 0 N–H and O–H groups in total. The van der Waals surface area contributed by atoms with Crippen LogP contribution < -0.4 is 4.74 Å². The number of allylic oxidation sites excluding steroid dienone is 1. The Bertz CT molecular complexity index is 906. The summed E-state index contributed by atoms with van der Waals surface area (Å²) in [6.45, 7) is 5.32. The van der Waals surface area contributed by atoms with Crippen molar-refractivity contribution in [1.82, 2.24) is 9.55 Å². The topological polar surface area (TPSA) is 27.1 Å². The molecule has 1 aliphatic carbocycles. The highest BCUT2D eigenvalue weighted by Gasteiger charge is 2.22. The van der Waals surface area contributed by atoms with Crippen LogP contribution in [0.4, 0.5) is 0 Å². The second-order valence-corrected chi connectivity index (χ2v) is 7.39. The van der Waals surface area contributed by atoms with Gasteiger partial charge in [0, 0.05) is 5.92 Å². The normalized spacial score (nSPS) is 15.1. The third kappa shape index (κ3) is 3.92. The highest BCUT2D eigenvalue weighted by molar-refractivity contribution is 5.76. The van der Waals surface area contributed by atoms with E-state index in [-0.39, 0.29) is 0 Å². The van der Waals surface area contributed by atoms with E-state index in [1.165, 1.54) is 49.0 Å². The molecule has 0 radical (unpaired) electrons. The van der Waals surface area contributed by atoms with Crippen LogP contribution in [-0.4, -0.2) is 16.2 Å². The molecule has 1 saturated carbocycles. The average molecular weight is 361 g/mol. The summed E-state index contributed by atoms with van der Waals surface area (Å²) in [7, 11) is 0. The Kier molecular flexibility index (Phi) is 5.57. The van der Waals surface area contributed by atoms with Crippen molar-refractivity contribution in [2.45, 2.75) is 51.0 Å². The molecule has 4 rings (SSSR count). The van der Waals surface area contributed by atoms with Crippen molar-refractivity contribution in [2.75, 3.05) is 6.61 Å². The number of aromatic nitrogens is 2. The molecule has 1 aromatic heterocycles. The van der Waals surface area contributed by atoms with Crippen LogP contribution in [0.2, 0.25) is 0 Å². The lowest BCUT2D eigenvalue weighted by molar-refractivity contribution is 0.292. The maximum Gasteiger partial charge on any atom is 0.122 e. The average Bonchev–Trinajstić information content (AvgIpc) is 3.09. The zero-order valence-corrected chi connectivity index (χ0v) is 15.9. The smallest absolute Gasteiger partial charge is 0.122 e. The summed E-state index contributed by atoms with van der Waals surface area (Å²) < 4.78 is 8.55. The number of hydrogen-bond donors (Lipinski definition) is 0. The SMILES string of the molecule is C=CCc1ccccc1OCCn1c(C2CCCCC2)nc2ccccc21. The van der Waals surface area contributed by atoms with Gasteiger partial charge in [-0.25, -0.2) is 4.98 Å². The summed E-state index contributed by atoms with van der Waals surface area (Å²) >= 11 is 0. The molecule has 3 heteroatoms. The number of hydrogen-bond acceptors (Lipinski definition) is 2. The molecular formula is C24H28N2O. The van der Waals surface area contributed by atoms with Crippen LogP contribution in [-0.2, 0) is 13.0 Å². The van der Waals surface area contributed by atoms with Crippen LogP contribution in [0.5, 0.6) is 5.75 Å². The highest BCUT2D eigenvalue weighted by atomic mass is 16.5. The van der Waals surface area contributed by atoms with Crippen LogP contribution in [0.1, 0.15) is 49.4 Å². The van der Waals surface area contributed by atoms with Gasteiger partial charge in [0.2, 0.25) is 0 Å². The van der Waals surface area contributed by atoms with Crippen molar-refractivity contribution in [3.05, 3.63) is 72.6 Å². The Morgan fingerprint density at radius 2 is 1.81 bits per heavy atom. The van der Waals surface area contributed by atoms with Gasteiger partial charge in [-0.2, -0.15) is 0 Å². The van der Waals surface area contributed by atoms with Gasteiger partial charge in [-0.3, -0.25) is 0 Å². The molecule has 0 amide bonds. The minimum Gasteiger partial charge on any atom is -0.491 e. The molecule has 1 heterocycles. The predicted molar refractivity (Wildman–Crippen MR) is 111 cm³/mol. The maximum atomic E-state index is 6.16. The van der Waals surface area contributed by atoms with Crippen molar-refractivity contribution in [2.24, 2.45) is 0 Å². The minimum atomic E-state index is 0.583.